The Balaban J connectivity index is 1.46. The van der Waals surface area contributed by atoms with E-state index in [1.54, 1.807) is 12.1 Å². The maximum absolute atomic E-state index is 13.0. The molecule has 26 heavy (non-hydrogen) atoms. The molecular weight excluding hydrogens is 331 g/mol. The zero-order chi connectivity index (χ0) is 18.4. The van der Waals surface area contributed by atoms with Crippen LogP contribution in [0.2, 0.25) is 0 Å². The summed E-state index contributed by atoms with van der Waals surface area (Å²) in [4.78, 5) is 16.7. The Hall–Kier alpha value is -2.40. The SMILES string of the molecule is CCOc1ccc(CN2CCN(C(=O)Cc3ccc(F)cc3)CC2)cc1. The van der Waals surface area contributed by atoms with Crippen LogP contribution in [-0.4, -0.2) is 48.5 Å². The van der Waals surface area contributed by atoms with E-state index in [0.29, 0.717) is 13.0 Å². The first-order chi connectivity index (χ1) is 12.6. The van der Waals surface area contributed by atoms with Crippen LogP contribution < -0.4 is 4.74 Å². The number of rotatable bonds is 6. The van der Waals surface area contributed by atoms with Crippen LogP contribution in [-0.2, 0) is 17.8 Å². The second-order valence-corrected chi connectivity index (χ2v) is 6.54. The van der Waals surface area contributed by atoms with Crippen molar-refractivity contribution in [2.45, 2.75) is 19.9 Å². The van der Waals surface area contributed by atoms with Crippen LogP contribution in [0.5, 0.6) is 5.75 Å². The normalized spacial score (nSPS) is 15.1. The fraction of sp³-hybridized carbons (Fsp3) is 0.381. The number of piperazine rings is 1. The van der Waals surface area contributed by atoms with Gasteiger partial charge in [-0.05, 0) is 42.3 Å². The van der Waals surface area contributed by atoms with Gasteiger partial charge in [0, 0.05) is 32.7 Å². The Morgan fingerprint density at radius 1 is 0.962 bits per heavy atom. The molecule has 1 amide bonds. The molecule has 3 rings (SSSR count). The molecule has 5 heteroatoms. The van der Waals surface area contributed by atoms with E-state index >= 15 is 0 Å². The summed E-state index contributed by atoms with van der Waals surface area (Å²) >= 11 is 0. The van der Waals surface area contributed by atoms with Crippen molar-refractivity contribution in [1.29, 1.82) is 0 Å². The summed E-state index contributed by atoms with van der Waals surface area (Å²) in [5.41, 5.74) is 2.10. The van der Waals surface area contributed by atoms with Gasteiger partial charge < -0.3 is 9.64 Å². The highest BCUT2D eigenvalue weighted by Gasteiger charge is 2.21. The quantitative estimate of drug-likeness (QED) is 0.797. The highest BCUT2D eigenvalue weighted by molar-refractivity contribution is 5.78. The fourth-order valence-corrected chi connectivity index (χ4v) is 3.16. The molecule has 0 saturated carbocycles. The molecule has 0 unspecified atom stereocenters. The summed E-state index contributed by atoms with van der Waals surface area (Å²) in [5.74, 6) is 0.730. The number of carbonyl (C=O) groups is 1. The summed E-state index contributed by atoms with van der Waals surface area (Å²) in [6.07, 6.45) is 0.333. The average molecular weight is 356 g/mol. The molecule has 4 nitrogen and oxygen atoms in total. The first-order valence-corrected chi connectivity index (χ1v) is 9.10. The first kappa shape index (κ1) is 18.4. The lowest BCUT2D eigenvalue weighted by molar-refractivity contribution is -0.132. The van der Waals surface area contributed by atoms with Crippen molar-refractivity contribution in [3.63, 3.8) is 0 Å². The van der Waals surface area contributed by atoms with Crippen molar-refractivity contribution in [3.8, 4) is 5.75 Å². The molecule has 0 radical (unpaired) electrons. The molecule has 138 valence electrons. The first-order valence-electron chi connectivity index (χ1n) is 9.10. The molecule has 0 bridgehead atoms. The van der Waals surface area contributed by atoms with Gasteiger partial charge in [-0.2, -0.15) is 0 Å². The molecule has 1 saturated heterocycles. The van der Waals surface area contributed by atoms with Crippen LogP contribution in [0.1, 0.15) is 18.1 Å². The van der Waals surface area contributed by atoms with Crippen molar-refractivity contribution in [3.05, 3.63) is 65.5 Å². The Labute approximate surface area is 154 Å². The van der Waals surface area contributed by atoms with Gasteiger partial charge in [0.2, 0.25) is 5.91 Å². The monoisotopic (exact) mass is 356 g/mol. The molecule has 1 heterocycles. The summed E-state index contributed by atoms with van der Waals surface area (Å²) < 4.78 is 18.4. The minimum Gasteiger partial charge on any atom is -0.494 e. The summed E-state index contributed by atoms with van der Waals surface area (Å²) in [6, 6.07) is 14.3. The van der Waals surface area contributed by atoms with Gasteiger partial charge in [0.05, 0.1) is 13.0 Å². The molecule has 1 aliphatic heterocycles. The number of hydrogen-bond donors (Lipinski definition) is 0. The molecule has 1 fully saturated rings. The van der Waals surface area contributed by atoms with Gasteiger partial charge in [-0.15, -0.1) is 0 Å². The highest BCUT2D eigenvalue weighted by atomic mass is 19.1. The van der Waals surface area contributed by atoms with E-state index in [-0.39, 0.29) is 11.7 Å². The summed E-state index contributed by atoms with van der Waals surface area (Å²) in [7, 11) is 0. The predicted octanol–water partition coefficient (Wildman–Crippen LogP) is 3.11. The topological polar surface area (TPSA) is 32.8 Å². The number of halogens is 1. The Kier molecular flexibility index (Phi) is 6.23. The van der Waals surface area contributed by atoms with Gasteiger partial charge in [-0.25, -0.2) is 4.39 Å². The molecule has 1 aliphatic rings. The molecule has 2 aromatic carbocycles. The van der Waals surface area contributed by atoms with Crippen molar-refractivity contribution < 1.29 is 13.9 Å². The fourth-order valence-electron chi connectivity index (χ4n) is 3.16. The van der Waals surface area contributed by atoms with Gasteiger partial charge in [-0.3, -0.25) is 9.69 Å². The number of hydrogen-bond acceptors (Lipinski definition) is 3. The third kappa shape index (κ3) is 5.05. The van der Waals surface area contributed by atoms with Gasteiger partial charge in [0.15, 0.2) is 0 Å². The minimum absolute atomic E-state index is 0.109. The standard InChI is InChI=1S/C21H25FN2O2/c1-2-26-20-9-5-18(6-10-20)16-23-11-13-24(14-12-23)21(25)15-17-3-7-19(22)8-4-17/h3-10H,2,11-16H2,1H3. The lowest BCUT2D eigenvalue weighted by Crippen LogP contribution is -2.48. The maximum Gasteiger partial charge on any atom is 0.227 e. The molecule has 0 aromatic heterocycles. The zero-order valence-corrected chi connectivity index (χ0v) is 15.2. The van der Waals surface area contributed by atoms with E-state index in [9.17, 15) is 9.18 Å². The molecule has 0 spiro atoms. The molecule has 2 aromatic rings. The highest BCUT2D eigenvalue weighted by Crippen LogP contribution is 2.15. The average Bonchev–Trinajstić information content (AvgIpc) is 2.66. The largest absolute Gasteiger partial charge is 0.494 e. The van der Waals surface area contributed by atoms with Crippen LogP contribution >= 0.6 is 0 Å². The zero-order valence-electron chi connectivity index (χ0n) is 15.2. The number of carbonyl (C=O) groups excluding carboxylic acids is 1. The lowest BCUT2D eigenvalue weighted by atomic mass is 10.1. The van der Waals surface area contributed by atoms with E-state index in [1.807, 2.05) is 24.0 Å². The van der Waals surface area contributed by atoms with E-state index in [2.05, 4.69) is 17.0 Å². The number of nitrogens with zero attached hydrogens (tertiary/aromatic N) is 2. The smallest absolute Gasteiger partial charge is 0.227 e. The Bertz CT molecular complexity index is 708. The second kappa shape index (κ2) is 8.81. The predicted molar refractivity (Wildman–Crippen MR) is 99.6 cm³/mol. The van der Waals surface area contributed by atoms with Crippen molar-refractivity contribution in [2.24, 2.45) is 0 Å². The Morgan fingerprint density at radius 2 is 1.58 bits per heavy atom. The number of amides is 1. The third-order valence-electron chi connectivity index (χ3n) is 4.63. The minimum atomic E-state index is -0.274. The van der Waals surface area contributed by atoms with E-state index < -0.39 is 0 Å². The molecule has 0 aliphatic carbocycles. The molecular formula is C21H25FN2O2. The second-order valence-electron chi connectivity index (χ2n) is 6.54. The van der Waals surface area contributed by atoms with Gasteiger partial charge >= 0.3 is 0 Å². The van der Waals surface area contributed by atoms with Crippen molar-refractivity contribution >= 4 is 5.91 Å². The molecule has 0 N–H and O–H groups in total. The van der Waals surface area contributed by atoms with Crippen molar-refractivity contribution in [2.75, 3.05) is 32.8 Å². The van der Waals surface area contributed by atoms with E-state index in [4.69, 9.17) is 4.74 Å². The van der Waals surface area contributed by atoms with Gasteiger partial charge in [0.25, 0.3) is 0 Å². The van der Waals surface area contributed by atoms with Gasteiger partial charge in [-0.1, -0.05) is 24.3 Å². The lowest BCUT2D eigenvalue weighted by Gasteiger charge is -2.34. The van der Waals surface area contributed by atoms with E-state index in [0.717, 1.165) is 44.0 Å². The Morgan fingerprint density at radius 3 is 2.19 bits per heavy atom. The van der Waals surface area contributed by atoms with Crippen LogP contribution in [0.4, 0.5) is 4.39 Å². The molecule has 0 atom stereocenters. The maximum atomic E-state index is 13.0. The summed E-state index contributed by atoms with van der Waals surface area (Å²) in [5, 5.41) is 0. The van der Waals surface area contributed by atoms with Crippen LogP contribution in [0, 0.1) is 5.82 Å². The van der Waals surface area contributed by atoms with E-state index in [1.165, 1.54) is 17.7 Å². The van der Waals surface area contributed by atoms with Crippen molar-refractivity contribution in [1.82, 2.24) is 9.80 Å². The van der Waals surface area contributed by atoms with Crippen LogP contribution in [0.25, 0.3) is 0 Å². The number of ether oxygens (including phenoxy) is 1. The number of benzene rings is 2. The summed E-state index contributed by atoms with van der Waals surface area (Å²) in [6.45, 7) is 6.73. The van der Waals surface area contributed by atoms with Crippen LogP contribution in [0.15, 0.2) is 48.5 Å². The third-order valence-corrected chi connectivity index (χ3v) is 4.63. The van der Waals surface area contributed by atoms with Crippen LogP contribution in [0.3, 0.4) is 0 Å². The van der Waals surface area contributed by atoms with Gasteiger partial charge in [0.1, 0.15) is 11.6 Å².